The van der Waals surface area contributed by atoms with E-state index in [4.69, 9.17) is 0 Å². The fraction of sp³-hybridized carbons (Fsp3) is 0.462. The van der Waals surface area contributed by atoms with Crippen LogP contribution in [0.2, 0.25) is 0 Å². The highest BCUT2D eigenvalue weighted by molar-refractivity contribution is 5.49. The molecule has 0 aliphatic heterocycles. The normalized spacial score (nSPS) is 9.93. The van der Waals surface area contributed by atoms with Gasteiger partial charge in [-0.05, 0) is 25.0 Å². The molecule has 0 N–H and O–H groups in total. The topological polar surface area (TPSA) is 20.3 Å². The van der Waals surface area contributed by atoms with Gasteiger partial charge in [-0.3, -0.25) is 0 Å². The van der Waals surface area contributed by atoms with E-state index >= 15 is 0 Å². The highest BCUT2D eigenvalue weighted by Crippen LogP contribution is 2.11. The van der Waals surface area contributed by atoms with Crippen LogP contribution in [0.15, 0.2) is 30.3 Å². The number of hydrogen-bond donors (Lipinski definition) is 0. The first-order valence-corrected chi connectivity index (χ1v) is 5.54. The standard InChI is InChI=1S/C13H19NO/c1-14(11-7-2-3-8-12-15)13-9-5-4-6-10-13/h4-6,9-10,12H,2-3,7-8,11H2,1H3. The third kappa shape index (κ3) is 4.63. The summed E-state index contributed by atoms with van der Waals surface area (Å²) in [5, 5.41) is 0. The van der Waals surface area contributed by atoms with Gasteiger partial charge in [0.15, 0.2) is 0 Å². The molecule has 1 aromatic rings. The van der Waals surface area contributed by atoms with Gasteiger partial charge in [0.1, 0.15) is 6.29 Å². The average Bonchev–Trinajstić information content (AvgIpc) is 2.30. The molecule has 0 atom stereocenters. The van der Waals surface area contributed by atoms with Gasteiger partial charge in [0.05, 0.1) is 0 Å². The summed E-state index contributed by atoms with van der Waals surface area (Å²) in [4.78, 5) is 12.4. The van der Waals surface area contributed by atoms with E-state index in [0.717, 1.165) is 32.1 Å². The molecule has 0 saturated carbocycles. The van der Waals surface area contributed by atoms with Gasteiger partial charge >= 0.3 is 0 Å². The summed E-state index contributed by atoms with van der Waals surface area (Å²) in [5.41, 5.74) is 1.26. The van der Waals surface area contributed by atoms with Crippen LogP contribution in [0.25, 0.3) is 0 Å². The van der Waals surface area contributed by atoms with Crippen molar-refractivity contribution in [3.8, 4) is 0 Å². The number of carbonyl (C=O) groups excluding carboxylic acids is 1. The van der Waals surface area contributed by atoms with Crippen molar-refractivity contribution in [1.29, 1.82) is 0 Å². The van der Waals surface area contributed by atoms with Gasteiger partial charge in [0.25, 0.3) is 0 Å². The Hall–Kier alpha value is -1.31. The SMILES string of the molecule is CN(CCCCCC=O)c1ccccc1. The number of para-hydroxylation sites is 1. The molecule has 0 aliphatic rings. The molecule has 2 heteroatoms. The third-order valence-corrected chi connectivity index (χ3v) is 2.51. The maximum atomic E-state index is 10.1. The molecule has 0 spiro atoms. The lowest BCUT2D eigenvalue weighted by Gasteiger charge is -2.18. The Labute approximate surface area is 91.9 Å². The molecule has 0 aliphatic carbocycles. The summed E-state index contributed by atoms with van der Waals surface area (Å²) in [7, 11) is 2.11. The van der Waals surface area contributed by atoms with Crippen molar-refractivity contribution in [3.63, 3.8) is 0 Å². The Morgan fingerprint density at radius 3 is 2.53 bits per heavy atom. The van der Waals surface area contributed by atoms with Crippen LogP contribution in [-0.2, 0) is 4.79 Å². The van der Waals surface area contributed by atoms with Crippen LogP contribution in [-0.4, -0.2) is 19.9 Å². The van der Waals surface area contributed by atoms with Crippen LogP contribution in [0, 0.1) is 0 Å². The smallest absolute Gasteiger partial charge is 0.119 e. The predicted molar refractivity (Wildman–Crippen MR) is 64.2 cm³/mol. The van der Waals surface area contributed by atoms with Gasteiger partial charge in [-0.25, -0.2) is 0 Å². The molecule has 0 aromatic heterocycles. The first kappa shape index (κ1) is 11.8. The molecule has 0 radical (unpaired) electrons. The quantitative estimate of drug-likeness (QED) is 0.504. The zero-order valence-electron chi connectivity index (χ0n) is 9.36. The van der Waals surface area contributed by atoms with Crippen LogP contribution < -0.4 is 4.90 Å². The Morgan fingerprint density at radius 2 is 1.87 bits per heavy atom. The van der Waals surface area contributed by atoms with Crippen LogP contribution in [0.4, 0.5) is 5.69 Å². The number of unbranched alkanes of at least 4 members (excludes halogenated alkanes) is 3. The van der Waals surface area contributed by atoms with Crippen molar-refractivity contribution in [1.82, 2.24) is 0 Å². The lowest BCUT2D eigenvalue weighted by atomic mass is 10.2. The second kappa shape index (κ2) is 7.04. The molecule has 0 saturated heterocycles. The Morgan fingerprint density at radius 1 is 1.13 bits per heavy atom. The van der Waals surface area contributed by atoms with E-state index in [1.807, 2.05) is 6.07 Å². The number of carbonyl (C=O) groups is 1. The number of hydrogen-bond acceptors (Lipinski definition) is 2. The van der Waals surface area contributed by atoms with Gasteiger partial charge in [-0.1, -0.05) is 24.6 Å². The Bertz CT molecular complexity index is 271. The van der Waals surface area contributed by atoms with E-state index in [-0.39, 0.29) is 0 Å². The molecule has 0 heterocycles. The largest absolute Gasteiger partial charge is 0.375 e. The molecule has 82 valence electrons. The van der Waals surface area contributed by atoms with E-state index in [0.29, 0.717) is 6.42 Å². The number of anilines is 1. The molecular formula is C13H19NO. The minimum Gasteiger partial charge on any atom is -0.375 e. The van der Waals surface area contributed by atoms with Crippen molar-refractivity contribution >= 4 is 12.0 Å². The molecule has 1 rings (SSSR count). The van der Waals surface area contributed by atoms with Crippen molar-refractivity contribution in [2.75, 3.05) is 18.5 Å². The summed E-state index contributed by atoms with van der Waals surface area (Å²) in [6.07, 6.45) is 5.01. The fourth-order valence-corrected chi connectivity index (χ4v) is 1.56. The van der Waals surface area contributed by atoms with Crippen LogP contribution in [0.5, 0.6) is 0 Å². The summed E-state index contributed by atoms with van der Waals surface area (Å²) in [6, 6.07) is 10.4. The summed E-state index contributed by atoms with van der Waals surface area (Å²) < 4.78 is 0. The maximum absolute atomic E-state index is 10.1. The monoisotopic (exact) mass is 205 g/mol. The molecule has 15 heavy (non-hydrogen) atoms. The van der Waals surface area contributed by atoms with Gasteiger partial charge in [0, 0.05) is 25.7 Å². The average molecular weight is 205 g/mol. The number of rotatable bonds is 7. The summed E-state index contributed by atoms with van der Waals surface area (Å²) in [5.74, 6) is 0. The van der Waals surface area contributed by atoms with Crippen molar-refractivity contribution < 1.29 is 4.79 Å². The van der Waals surface area contributed by atoms with Crippen LogP contribution >= 0.6 is 0 Å². The summed E-state index contributed by atoms with van der Waals surface area (Å²) in [6.45, 7) is 1.06. The zero-order valence-corrected chi connectivity index (χ0v) is 9.36. The third-order valence-electron chi connectivity index (χ3n) is 2.51. The second-order valence-corrected chi connectivity index (χ2v) is 3.77. The van der Waals surface area contributed by atoms with Crippen LogP contribution in [0.1, 0.15) is 25.7 Å². The molecule has 0 bridgehead atoms. The van der Waals surface area contributed by atoms with E-state index in [2.05, 4.69) is 36.2 Å². The molecule has 0 unspecified atom stereocenters. The number of nitrogens with zero attached hydrogens (tertiary/aromatic N) is 1. The lowest BCUT2D eigenvalue weighted by Crippen LogP contribution is -2.18. The van der Waals surface area contributed by atoms with E-state index in [9.17, 15) is 4.79 Å². The van der Waals surface area contributed by atoms with Gasteiger partial charge in [-0.2, -0.15) is 0 Å². The Kier molecular flexibility index (Phi) is 5.52. The Balaban J connectivity index is 2.19. The molecule has 1 aromatic carbocycles. The van der Waals surface area contributed by atoms with Crippen molar-refractivity contribution in [3.05, 3.63) is 30.3 Å². The molecule has 0 fully saturated rings. The maximum Gasteiger partial charge on any atom is 0.119 e. The minimum atomic E-state index is 0.703. The second-order valence-electron chi connectivity index (χ2n) is 3.77. The van der Waals surface area contributed by atoms with Gasteiger partial charge in [0.2, 0.25) is 0 Å². The molecular weight excluding hydrogens is 186 g/mol. The van der Waals surface area contributed by atoms with Crippen molar-refractivity contribution in [2.45, 2.75) is 25.7 Å². The van der Waals surface area contributed by atoms with Gasteiger partial charge in [-0.15, -0.1) is 0 Å². The van der Waals surface area contributed by atoms with Gasteiger partial charge < -0.3 is 9.69 Å². The first-order valence-electron chi connectivity index (χ1n) is 5.54. The molecule has 0 amide bonds. The number of benzene rings is 1. The number of aldehydes is 1. The predicted octanol–water partition coefficient (Wildman–Crippen LogP) is 2.88. The van der Waals surface area contributed by atoms with Crippen LogP contribution in [0.3, 0.4) is 0 Å². The molecule has 2 nitrogen and oxygen atoms in total. The highest BCUT2D eigenvalue weighted by Gasteiger charge is 1.98. The first-order chi connectivity index (χ1) is 7.34. The highest BCUT2D eigenvalue weighted by atomic mass is 16.1. The lowest BCUT2D eigenvalue weighted by molar-refractivity contribution is -0.107. The summed E-state index contributed by atoms with van der Waals surface area (Å²) >= 11 is 0. The minimum absolute atomic E-state index is 0.703. The zero-order chi connectivity index (χ0) is 10.9. The van der Waals surface area contributed by atoms with E-state index < -0.39 is 0 Å². The van der Waals surface area contributed by atoms with E-state index in [1.54, 1.807) is 0 Å². The van der Waals surface area contributed by atoms with E-state index in [1.165, 1.54) is 5.69 Å². The fourth-order valence-electron chi connectivity index (χ4n) is 1.56. The van der Waals surface area contributed by atoms with Crippen molar-refractivity contribution in [2.24, 2.45) is 0 Å².